The molecule has 4 rings (SSSR count). The average molecular weight is 575 g/mol. The molecule has 42 heavy (non-hydrogen) atoms. The number of nitrogens with one attached hydrogen (secondary N) is 3. The molecule has 1 aromatic heterocycles. The van der Waals surface area contributed by atoms with Crippen molar-refractivity contribution in [1.29, 1.82) is 0 Å². The number of methoxy groups -OCH3 is 3. The van der Waals surface area contributed by atoms with E-state index >= 15 is 0 Å². The zero-order valence-corrected chi connectivity index (χ0v) is 24.9. The van der Waals surface area contributed by atoms with E-state index < -0.39 is 12.1 Å². The van der Waals surface area contributed by atoms with Crippen molar-refractivity contribution >= 4 is 17.5 Å². The molecule has 10 heteroatoms. The van der Waals surface area contributed by atoms with Crippen LogP contribution in [-0.4, -0.2) is 44.2 Å². The van der Waals surface area contributed by atoms with Crippen LogP contribution in [0.1, 0.15) is 49.9 Å². The lowest BCUT2D eigenvalue weighted by Crippen LogP contribution is -2.43. The molecular formula is C32H38N4O6. The molecule has 0 spiro atoms. The number of hydrogen-bond acceptors (Lipinski definition) is 8. The number of aromatic nitrogens is 1. The minimum Gasteiger partial charge on any atom is -0.493 e. The maximum absolute atomic E-state index is 13.7. The fraction of sp³-hybridized carbons (Fsp3) is 0.375. The second kappa shape index (κ2) is 13.4. The van der Waals surface area contributed by atoms with Gasteiger partial charge in [0.1, 0.15) is 6.04 Å². The van der Waals surface area contributed by atoms with Crippen molar-refractivity contribution in [3.8, 4) is 28.4 Å². The van der Waals surface area contributed by atoms with Crippen LogP contribution in [0, 0.1) is 5.92 Å². The molecule has 10 nitrogen and oxygen atoms in total. The first kappa shape index (κ1) is 30.4. The van der Waals surface area contributed by atoms with Crippen molar-refractivity contribution < 1.29 is 23.8 Å². The quantitative estimate of drug-likeness (QED) is 0.332. The van der Waals surface area contributed by atoms with Gasteiger partial charge in [0.2, 0.25) is 23.0 Å². The molecule has 1 aliphatic carbocycles. The van der Waals surface area contributed by atoms with Crippen LogP contribution in [0.5, 0.6) is 17.2 Å². The highest BCUT2D eigenvalue weighted by Gasteiger charge is 2.30. The number of rotatable bonds is 10. The average Bonchev–Trinajstić information content (AvgIpc) is 3.22. The number of amides is 2. The number of aryl methyl sites for hydroxylation is 1. The Hall–Kier alpha value is -4.60. The number of nitrogens with zero attached hydrogens (tertiary/aromatic N) is 1. The maximum Gasteiger partial charge on any atom is 0.243 e. The summed E-state index contributed by atoms with van der Waals surface area (Å²) in [6.07, 6.45) is 4.52. The monoisotopic (exact) mass is 574 g/mol. The Labute approximate surface area is 245 Å². The SMILES string of the molecule is COc1cc2c(c(OC)c1OC)-c1ccc(N[C@@H](C(=O)NCc3cccnc3)C(C)C)c(=O)cc1[C@H](NC(C)=O)CC2. The van der Waals surface area contributed by atoms with Gasteiger partial charge in [-0.15, -0.1) is 0 Å². The lowest BCUT2D eigenvalue weighted by Gasteiger charge is -2.22. The van der Waals surface area contributed by atoms with E-state index in [2.05, 4.69) is 20.9 Å². The van der Waals surface area contributed by atoms with Crippen molar-refractivity contribution in [2.24, 2.45) is 5.92 Å². The Morgan fingerprint density at radius 2 is 1.81 bits per heavy atom. The van der Waals surface area contributed by atoms with E-state index in [9.17, 15) is 14.4 Å². The largest absolute Gasteiger partial charge is 0.493 e. The molecule has 3 aromatic rings. The summed E-state index contributed by atoms with van der Waals surface area (Å²) >= 11 is 0. The van der Waals surface area contributed by atoms with E-state index in [-0.39, 0.29) is 28.8 Å². The smallest absolute Gasteiger partial charge is 0.243 e. The summed E-state index contributed by atoms with van der Waals surface area (Å²) in [5.74, 6) is 0.866. The highest BCUT2D eigenvalue weighted by Crippen LogP contribution is 2.50. The summed E-state index contributed by atoms with van der Waals surface area (Å²) in [6.45, 7) is 5.60. The number of fused-ring (bicyclic) bond motifs is 3. The standard InChI is InChI=1S/C32H38N4O6/c1-18(2)29(32(39)34-17-20-8-7-13-33-16-20)36-25-12-10-22-23(15-26(25)38)24(35-19(3)37)11-9-21-14-27(40-4)30(41-5)31(42-6)28(21)22/h7-8,10,12-16,18,24,29H,9,11,17H2,1-6H3,(H,34,39)(H,35,37)(H,36,38)/t24-,29-/m1/s1. The van der Waals surface area contributed by atoms with Gasteiger partial charge in [-0.25, -0.2) is 0 Å². The molecule has 0 fully saturated rings. The first-order valence-corrected chi connectivity index (χ1v) is 13.9. The van der Waals surface area contributed by atoms with Crippen molar-refractivity contribution in [2.75, 3.05) is 26.6 Å². The summed E-state index contributed by atoms with van der Waals surface area (Å²) in [7, 11) is 4.66. The third kappa shape index (κ3) is 6.48. The first-order chi connectivity index (χ1) is 20.2. The number of benzene rings is 1. The van der Waals surface area contributed by atoms with Gasteiger partial charge in [0, 0.05) is 31.4 Å². The molecule has 222 valence electrons. The molecule has 1 heterocycles. The van der Waals surface area contributed by atoms with Crippen LogP contribution in [0.2, 0.25) is 0 Å². The highest BCUT2D eigenvalue weighted by atomic mass is 16.5. The number of anilines is 1. The Bertz CT molecular complexity index is 1510. The number of hydrogen-bond donors (Lipinski definition) is 3. The molecule has 0 unspecified atom stereocenters. The molecule has 0 radical (unpaired) electrons. The van der Waals surface area contributed by atoms with Crippen molar-refractivity contribution in [1.82, 2.24) is 15.6 Å². The van der Waals surface area contributed by atoms with Crippen LogP contribution in [0.3, 0.4) is 0 Å². The van der Waals surface area contributed by atoms with Gasteiger partial charge in [0.05, 0.1) is 33.1 Å². The van der Waals surface area contributed by atoms with Gasteiger partial charge in [-0.05, 0) is 65.3 Å². The summed E-state index contributed by atoms with van der Waals surface area (Å²) in [5, 5.41) is 9.13. The number of carbonyl (C=O) groups excluding carboxylic acids is 2. The molecule has 3 N–H and O–H groups in total. The molecule has 0 saturated carbocycles. The Kier molecular flexibility index (Phi) is 9.67. The molecule has 2 atom stereocenters. The number of carbonyl (C=O) groups is 2. The predicted molar refractivity (Wildman–Crippen MR) is 161 cm³/mol. The van der Waals surface area contributed by atoms with Gasteiger partial charge in [-0.3, -0.25) is 19.4 Å². The molecule has 1 aliphatic rings. The topological polar surface area (TPSA) is 128 Å². The van der Waals surface area contributed by atoms with E-state index in [0.717, 1.165) is 16.7 Å². The summed E-state index contributed by atoms with van der Waals surface area (Å²) in [4.78, 5) is 43.2. The summed E-state index contributed by atoms with van der Waals surface area (Å²) < 4.78 is 17.1. The van der Waals surface area contributed by atoms with E-state index in [0.29, 0.717) is 47.8 Å². The van der Waals surface area contributed by atoms with Crippen LogP contribution < -0.4 is 35.6 Å². The molecule has 2 aromatic carbocycles. The van der Waals surface area contributed by atoms with Crippen LogP contribution in [0.25, 0.3) is 11.1 Å². The van der Waals surface area contributed by atoms with Crippen LogP contribution in [0.4, 0.5) is 5.69 Å². The van der Waals surface area contributed by atoms with Gasteiger partial charge >= 0.3 is 0 Å². The predicted octanol–water partition coefficient (Wildman–Crippen LogP) is 4.01. The minimum atomic E-state index is -0.672. The Morgan fingerprint density at radius 3 is 2.43 bits per heavy atom. The second-order valence-electron chi connectivity index (χ2n) is 10.5. The maximum atomic E-state index is 13.7. The fourth-order valence-corrected chi connectivity index (χ4v) is 5.33. The van der Waals surface area contributed by atoms with Gasteiger partial charge < -0.3 is 30.2 Å². The van der Waals surface area contributed by atoms with E-state index in [1.807, 2.05) is 38.1 Å². The van der Waals surface area contributed by atoms with Crippen LogP contribution in [0.15, 0.2) is 53.6 Å². The zero-order chi connectivity index (χ0) is 30.4. The molecule has 0 saturated heterocycles. The van der Waals surface area contributed by atoms with Crippen LogP contribution >= 0.6 is 0 Å². The van der Waals surface area contributed by atoms with E-state index in [4.69, 9.17) is 14.2 Å². The molecule has 0 bridgehead atoms. The molecular weight excluding hydrogens is 536 g/mol. The van der Waals surface area contributed by atoms with Crippen molar-refractivity contribution in [3.05, 3.63) is 75.7 Å². The third-order valence-corrected chi connectivity index (χ3v) is 7.37. The fourth-order valence-electron chi connectivity index (χ4n) is 5.33. The zero-order valence-electron chi connectivity index (χ0n) is 24.9. The van der Waals surface area contributed by atoms with Crippen LogP contribution in [-0.2, 0) is 22.6 Å². The van der Waals surface area contributed by atoms with E-state index in [1.54, 1.807) is 39.8 Å². The third-order valence-electron chi connectivity index (χ3n) is 7.37. The summed E-state index contributed by atoms with van der Waals surface area (Å²) in [5.41, 5.74) is 3.88. The van der Waals surface area contributed by atoms with Gasteiger partial charge in [-0.2, -0.15) is 0 Å². The minimum absolute atomic E-state index is 0.119. The van der Waals surface area contributed by atoms with E-state index in [1.165, 1.54) is 13.0 Å². The highest BCUT2D eigenvalue weighted by molar-refractivity contribution is 5.86. The normalized spacial score (nSPS) is 14.5. The Balaban J connectivity index is 1.81. The number of pyridine rings is 1. The van der Waals surface area contributed by atoms with Gasteiger partial charge in [0.25, 0.3) is 0 Å². The molecule has 0 aliphatic heterocycles. The first-order valence-electron chi connectivity index (χ1n) is 13.9. The van der Waals surface area contributed by atoms with Crippen molar-refractivity contribution in [2.45, 2.75) is 52.2 Å². The van der Waals surface area contributed by atoms with Crippen molar-refractivity contribution in [3.63, 3.8) is 0 Å². The Morgan fingerprint density at radius 1 is 1.05 bits per heavy atom. The molecule has 2 amide bonds. The van der Waals surface area contributed by atoms with Gasteiger partial charge in [-0.1, -0.05) is 26.0 Å². The summed E-state index contributed by atoms with van der Waals surface area (Å²) in [6, 6.07) is 9.55. The number of ether oxygens (including phenoxy) is 3. The second-order valence-corrected chi connectivity index (χ2v) is 10.5. The van der Waals surface area contributed by atoms with Gasteiger partial charge in [0.15, 0.2) is 11.5 Å². The lowest BCUT2D eigenvalue weighted by atomic mass is 9.95. The lowest BCUT2D eigenvalue weighted by molar-refractivity contribution is -0.123.